The number of carbonyl (C=O) groups excluding carboxylic acids is 1. The number of rotatable bonds is 5. The quantitative estimate of drug-likeness (QED) is 0.657. The number of nitrogen functional groups attached to an aromatic ring is 1. The average molecular weight is 293 g/mol. The van der Waals surface area contributed by atoms with E-state index >= 15 is 0 Å². The molecule has 4 nitrogen and oxygen atoms in total. The molecule has 0 radical (unpaired) electrons. The van der Waals surface area contributed by atoms with E-state index in [4.69, 9.17) is 5.73 Å². The molecule has 1 aromatic carbocycles. The number of thiazole rings is 1. The summed E-state index contributed by atoms with van der Waals surface area (Å²) >= 11 is 1.62. The van der Waals surface area contributed by atoms with E-state index in [1.807, 2.05) is 12.3 Å². The Balaban J connectivity index is 1.82. The maximum atomic E-state index is 13.1. The summed E-state index contributed by atoms with van der Waals surface area (Å²) in [5.41, 5.74) is 7.12. The van der Waals surface area contributed by atoms with Crippen LogP contribution in [0.1, 0.15) is 27.5 Å². The molecule has 1 heterocycles. The van der Waals surface area contributed by atoms with Crippen molar-refractivity contribution in [3.63, 3.8) is 0 Å². The topological polar surface area (TPSA) is 68.0 Å². The van der Waals surface area contributed by atoms with Crippen LogP contribution in [0, 0.1) is 12.7 Å². The van der Waals surface area contributed by atoms with E-state index in [2.05, 4.69) is 10.3 Å². The number of nitrogens with one attached hydrogen (secondary N) is 1. The van der Waals surface area contributed by atoms with Gasteiger partial charge in [0.2, 0.25) is 0 Å². The molecule has 1 amide bonds. The zero-order chi connectivity index (χ0) is 14.5. The van der Waals surface area contributed by atoms with Crippen molar-refractivity contribution in [1.29, 1.82) is 0 Å². The van der Waals surface area contributed by atoms with Gasteiger partial charge in [-0.15, -0.1) is 11.3 Å². The number of nitrogens with two attached hydrogens (primary N) is 1. The van der Waals surface area contributed by atoms with Crippen molar-refractivity contribution in [3.8, 4) is 0 Å². The molecule has 0 aliphatic carbocycles. The van der Waals surface area contributed by atoms with Crippen molar-refractivity contribution in [2.45, 2.75) is 19.8 Å². The molecule has 0 fully saturated rings. The third-order valence-electron chi connectivity index (χ3n) is 2.78. The molecule has 6 heteroatoms. The molecule has 0 spiro atoms. The maximum Gasteiger partial charge on any atom is 0.253 e. The van der Waals surface area contributed by atoms with Gasteiger partial charge in [-0.05, 0) is 31.5 Å². The molecule has 3 N–H and O–H groups in total. The minimum Gasteiger partial charge on any atom is -0.398 e. The molecule has 0 saturated carbocycles. The SMILES string of the molecule is Cc1csc(CCCNC(=O)c2cc(F)ccc2N)n1. The van der Waals surface area contributed by atoms with Gasteiger partial charge in [0.25, 0.3) is 5.91 Å². The van der Waals surface area contributed by atoms with Crippen LogP contribution < -0.4 is 11.1 Å². The van der Waals surface area contributed by atoms with Crippen LogP contribution in [0.25, 0.3) is 0 Å². The normalized spacial score (nSPS) is 10.5. The number of carbonyl (C=O) groups is 1. The maximum absolute atomic E-state index is 13.1. The van der Waals surface area contributed by atoms with E-state index in [-0.39, 0.29) is 17.2 Å². The van der Waals surface area contributed by atoms with Gasteiger partial charge in [-0.3, -0.25) is 4.79 Å². The van der Waals surface area contributed by atoms with Crippen molar-refractivity contribution in [1.82, 2.24) is 10.3 Å². The second kappa shape index (κ2) is 6.47. The third kappa shape index (κ3) is 3.77. The number of anilines is 1. The van der Waals surface area contributed by atoms with Crippen molar-refractivity contribution < 1.29 is 9.18 Å². The molecule has 0 bridgehead atoms. The molecule has 1 aromatic heterocycles. The van der Waals surface area contributed by atoms with Gasteiger partial charge in [-0.2, -0.15) is 0 Å². The van der Waals surface area contributed by atoms with Crippen LogP contribution in [0.2, 0.25) is 0 Å². The van der Waals surface area contributed by atoms with E-state index in [9.17, 15) is 9.18 Å². The van der Waals surface area contributed by atoms with E-state index in [0.29, 0.717) is 6.54 Å². The number of benzene rings is 1. The van der Waals surface area contributed by atoms with Crippen LogP contribution in [-0.4, -0.2) is 17.4 Å². The Hall–Kier alpha value is -1.95. The molecule has 0 aliphatic rings. The van der Waals surface area contributed by atoms with Crippen molar-refractivity contribution >= 4 is 22.9 Å². The fourth-order valence-electron chi connectivity index (χ4n) is 1.78. The molecule has 2 aromatic rings. The highest BCUT2D eigenvalue weighted by atomic mass is 32.1. The van der Waals surface area contributed by atoms with Crippen LogP contribution in [0.3, 0.4) is 0 Å². The van der Waals surface area contributed by atoms with Crippen LogP contribution in [-0.2, 0) is 6.42 Å². The van der Waals surface area contributed by atoms with Gasteiger partial charge in [-0.25, -0.2) is 9.37 Å². The zero-order valence-electron chi connectivity index (χ0n) is 11.1. The van der Waals surface area contributed by atoms with E-state index in [1.165, 1.54) is 12.1 Å². The smallest absolute Gasteiger partial charge is 0.253 e. The molecule has 2 rings (SSSR count). The molecule has 106 valence electrons. The molecular formula is C14H16FN3OS. The number of amides is 1. The van der Waals surface area contributed by atoms with Crippen LogP contribution >= 0.6 is 11.3 Å². The fourth-order valence-corrected chi connectivity index (χ4v) is 2.60. The van der Waals surface area contributed by atoms with Gasteiger partial charge in [-0.1, -0.05) is 0 Å². The van der Waals surface area contributed by atoms with E-state index < -0.39 is 5.82 Å². The molecular weight excluding hydrogens is 277 g/mol. The molecule has 0 unspecified atom stereocenters. The lowest BCUT2D eigenvalue weighted by Crippen LogP contribution is -2.25. The van der Waals surface area contributed by atoms with Crippen molar-refractivity contribution in [2.75, 3.05) is 12.3 Å². The summed E-state index contributed by atoms with van der Waals surface area (Å²) in [5, 5.41) is 5.79. The lowest BCUT2D eigenvalue weighted by Gasteiger charge is -2.07. The van der Waals surface area contributed by atoms with Gasteiger partial charge in [0, 0.05) is 29.7 Å². The largest absolute Gasteiger partial charge is 0.398 e. The second-order valence-electron chi connectivity index (χ2n) is 4.47. The summed E-state index contributed by atoms with van der Waals surface area (Å²) in [7, 11) is 0. The first-order chi connectivity index (χ1) is 9.56. The highest BCUT2D eigenvalue weighted by molar-refractivity contribution is 7.09. The summed E-state index contributed by atoms with van der Waals surface area (Å²) in [5.74, 6) is -0.820. The molecule has 0 aliphatic heterocycles. The van der Waals surface area contributed by atoms with Gasteiger partial charge in [0.15, 0.2) is 0 Å². The standard InChI is InChI=1S/C14H16FN3OS/c1-9-8-20-13(18-9)3-2-6-17-14(19)11-7-10(15)4-5-12(11)16/h4-5,7-8H,2-3,6,16H2,1H3,(H,17,19). The van der Waals surface area contributed by atoms with Gasteiger partial charge < -0.3 is 11.1 Å². The first kappa shape index (κ1) is 14.5. The van der Waals surface area contributed by atoms with Gasteiger partial charge in [0.1, 0.15) is 5.82 Å². The van der Waals surface area contributed by atoms with E-state index in [1.54, 1.807) is 11.3 Å². The number of halogens is 1. The predicted octanol–water partition coefficient (Wildman–Crippen LogP) is 2.54. The summed E-state index contributed by atoms with van der Waals surface area (Å²) in [6.45, 7) is 2.46. The number of aromatic nitrogens is 1. The average Bonchev–Trinajstić information content (AvgIpc) is 2.83. The van der Waals surface area contributed by atoms with Gasteiger partial charge >= 0.3 is 0 Å². The molecule has 20 heavy (non-hydrogen) atoms. The first-order valence-corrected chi connectivity index (χ1v) is 7.18. The Morgan fingerprint density at radius 2 is 2.30 bits per heavy atom. The monoisotopic (exact) mass is 293 g/mol. The Morgan fingerprint density at radius 1 is 1.50 bits per heavy atom. The highest BCUT2D eigenvalue weighted by Gasteiger charge is 2.10. The predicted molar refractivity (Wildman–Crippen MR) is 78.3 cm³/mol. The summed E-state index contributed by atoms with van der Waals surface area (Å²) in [6.07, 6.45) is 1.60. The van der Waals surface area contributed by atoms with Gasteiger partial charge in [0.05, 0.1) is 10.6 Å². The van der Waals surface area contributed by atoms with Crippen LogP contribution in [0.15, 0.2) is 23.6 Å². The van der Waals surface area contributed by atoms with Crippen molar-refractivity contribution in [3.05, 3.63) is 45.7 Å². The second-order valence-corrected chi connectivity index (χ2v) is 5.42. The molecule has 0 atom stereocenters. The Bertz CT molecular complexity index is 612. The summed E-state index contributed by atoms with van der Waals surface area (Å²) in [6, 6.07) is 3.77. The molecule has 0 saturated heterocycles. The number of nitrogens with zero attached hydrogens (tertiary/aromatic N) is 1. The Morgan fingerprint density at radius 3 is 3.00 bits per heavy atom. The van der Waals surface area contributed by atoms with Crippen molar-refractivity contribution in [2.24, 2.45) is 0 Å². The lowest BCUT2D eigenvalue weighted by atomic mass is 10.1. The third-order valence-corrected chi connectivity index (χ3v) is 3.81. The first-order valence-electron chi connectivity index (χ1n) is 6.30. The summed E-state index contributed by atoms with van der Waals surface area (Å²) < 4.78 is 13.1. The number of aryl methyl sites for hydroxylation is 2. The van der Waals surface area contributed by atoms with Crippen LogP contribution in [0.4, 0.5) is 10.1 Å². The minimum atomic E-state index is -0.470. The lowest BCUT2D eigenvalue weighted by molar-refractivity contribution is 0.0953. The number of hydrogen-bond donors (Lipinski definition) is 2. The Labute approximate surface area is 120 Å². The highest BCUT2D eigenvalue weighted by Crippen LogP contribution is 2.13. The minimum absolute atomic E-state index is 0.176. The Kier molecular flexibility index (Phi) is 4.68. The van der Waals surface area contributed by atoms with E-state index in [0.717, 1.165) is 29.6 Å². The van der Waals surface area contributed by atoms with Crippen LogP contribution in [0.5, 0.6) is 0 Å². The fraction of sp³-hybridized carbons (Fsp3) is 0.286. The summed E-state index contributed by atoms with van der Waals surface area (Å²) in [4.78, 5) is 16.2. The zero-order valence-corrected chi connectivity index (χ0v) is 12.0. The number of hydrogen-bond acceptors (Lipinski definition) is 4.